The van der Waals surface area contributed by atoms with E-state index < -0.39 is 0 Å². The summed E-state index contributed by atoms with van der Waals surface area (Å²) in [5.74, 6) is 0. The molecular weight excluding hydrogens is 216 g/mol. The first-order chi connectivity index (χ1) is 8.58. The van der Waals surface area contributed by atoms with Gasteiger partial charge in [0.05, 0.1) is 0 Å². The lowest BCUT2D eigenvalue weighted by Crippen LogP contribution is -1.86. The van der Waals surface area contributed by atoms with Gasteiger partial charge < -0.3 is 0 Å². The van der Waals surface area contributed by atoms with E-state index in [1.165, 1.54) is 22.3 Å². The van der Waals surface area contributed by atoms with Crippen molar-refractivity contribution in [1.29, 1.82) is 0 Å². The summed E-state index contributed by atoms with van der Waals surface area (Å²) >= 11 is 0. The van der Waals surface area contributed by atoms with E-state index in [-0.39, 0.29) is 0 Å². The van der Waals surface area contributed by atoms with Gasteiger partial charge in [-0.25, -0.2) is 0 Å². The molecule has 0 aromatic heterocycles. The predicted molar refractivity (Wildman–Crippen MR) is 83.4 cm³/mol. The summed E-state index contributed by atoms with van der Waals surface area (Å²) in [7, 11) is 0. The van der Waals surface area contributed by atoms with E-state index in [0.29, 0.717) is 0 Å². The third-order valence-electron chi connectivity index (χ3n) is 2.83. The molecule has 0 aliphatic rings. The molecule has 1 rings (SSSR count). The van der Waals surface area contributed by atoms with Crippen molar-refractivity contribution >= 4 is 11.1 Å². The Morgan fingerprint density at radius 1 is 1.11 bits per heavy atom. The molecule has 0 nitrogen and oxygen atoms in total. The van der Waals surface area contributed by atoms with Crippen molar-refractivity contribution in [3.8, 4) is 0 Å². The van der Waals surface area contributed by atoms with Crippen LogP contribution in [0.2, 0.25) is 0 Å². The highest BCUT2D eigenvalue weighted by molar-refractivity contribution is 5.78. The van der Waals surface area contributed by atoms with Gasteiger partial charge in [-0.1, -0.05) is 54.7 Å². The molecule has 18 heavy (non-hydrogen) atoms. The van der Waals surface area contributed by atoms with Crippen LogP contribution in [0.25, 0.3) is 11.1 Å². The van der Waals surface area contributed by atoms with Crippen LogP contribution in [-0.4, -0.2) is 0 Å². The molecule has 0 saturated carbocycles. The molecule has 0 radical (unpaired) electrons. The molecule has 94 valence electrons. The highest BCUT2D eigenvalue weighted by Crippen LogP contribution is 2.22. The highest BCUT2D eigenvalue weighted by atomic mass is 14.1. The second-order valence-electron chi connectivity index (χ2n) is 4.50. The molecule has 0 spiro atoms. The Bertz CT molecular complexity index is 511. The van der Waals surface area contributed by atoms with Crippen molar-refractivity contribution in [2.75, 3.05) is 0 Å². The van der Waals surface area contributed by atoms with Crippen molar-refractivity contribution < 1.29 is 0 Å². The van der Waals surface area contributed by atoms with E-state index in [4.69, 9.17) is 0 Å². The molecular formula is C18H22. The lowest BCUT2D eigenvalue weighted by molar-refractivity contribution is 1.49. The van der Waals surface area contributed by atoms with Gasteiger partial charge in [-0.2, -0.15) is 0 Å². The van der Waals surface area contributed by atoms with E-state index in [1.54, 1.807) is 0 Å². The number of allylic oxidation sites excluding steroid dienone is 7. The minimum Gasteiger partial charge on any atom is -0.0961 e. The van der Waals surface area contributed by atoms with E-state index >= 15 is 0 Å². The van der Waals surface area contributed by atoms with Gasteiger partial charge in [-0.05, 0) is 56.0 Å². The quantitative estimate of drug-likeness (QED) is 0.595. The zero-order valence-electron chi connectivity index (χ0n) is 11.8. The van der Waals surface area contributed by atoms with Gasteiger partial charge in [0.15, 0.2) is 0 Å². The Hall–Kier alpha value is -1.82. The molecule has 0 N–H and O–H groups in total. The van der Waals surface area contributed by atoms with Crippen molar-refractivity contribution in [3.05, 3.63) is 71.8 Å². The number of hydrogen-bond acceptors (Lipinski definition) is 0. The average molecular weight is 238 g/mol. The van der Waals surface area contributed by atoms with Gasteiger partial charge in [0.25, 0.3) is 0 Å². The molecule has 0 amide bonds. The van der Waals surface area contributed by atoms with Crippen LogP contribution in [0, 0.1) is 0 Å². The van der Waals surface area contributed by atoms with Gasteiger partial charge in [-0.15, -0.1) is 0 Å². The molecule has 1 aromatic carbocycles. The Morgan fingerprint density at radius 3 is 2.33 bits per heavy atom. The van der Waals surface area contributed by atoms with Crippen molar-refractivity contribution in [1.82, 2.24) is 0 Å². The summed E-state index contributed by atoms with van der Waals surface area (Å²) in [6.45, 7) is 12.2. The molecule has 0 fully saturated rings. The van der Waals surface area contributed by atoms with Gasteiger partial charge in [0, 0.05) is 0 Å². The van der Waals surface area contributed by atoms with Gasteiger partial charge in [-0.3, -0.25) is 0 Å². The van der Waals surface area contributed by atoms with E-state index in [9.17, 15) is 0 Å². The second-order valence-corrected chi connectivity index (χ2v) is 4.50. The summed E-state index contributed by atoms with van der Waals surface area (Å²) in [5.41, 5.74) is 6.07. The molecule has 0 heteroatoms. The number of benzene rings is 1. The summed E-state index contributed by atoms with van der Waals surface area (Å²) in [6.07, 6.45) is 8.43. The average Bonchev–Trinajstić information content (AvgIpc) is 2.37. The summed E-state index contributed by atoms with van der Waals surface area (Å²) in [4.78, 5) is 0. The maximum atomic E-state index is 3.95. The van der Waals surface area contributed by atoms with Crippen LogP contribution in [0.5, 0.6) is 0 Å². The monoisotopic (exact) mass is 238 g/mol. The standard InChI is InChI=1S/C18H22/c1-6-9-17(12-14(3)4)18-11-8-10-16(13-18)15(5)7-2/h6-13H,3H2,1-2,4-5H3/b9-6?,15-7-,17-12+. The predicted octanol–water partition coefficient (Wildman–Crippen LogP) is 5.65. The molecule has 0 heterocycles. The Morgan fingerprint density at radius 2 is 1.78 bits per heavy atom. The van der Waals surface area contributed by atoms with Crippen molar-refractivity contribution in [2.45, 2.75) is 27.7 Å². The van der Waals surface area contributed by atoms with Gasteiger partial charge in [0.2, 0.25) is 0 Å². The lowest BCUT2D eigenvalue weighted by atomic mass is 9.98. The maximum Gasteiger partial charge on any atom is -0.0178 e. The fourth-order valence-electron chi connectivity index (χ4n) is 1.78. The molecule has 0 saturated heterocycles. The third-order valence-corrected chi connectivity index (χ3v) is 2.83. The van der Waals surface area contributed by atoms with Gasteiger partial charge >= 0.3 is 0 Å². The Balaban J connectivity index is 3.26. The largest absolute Gasteiger partial charge is 0.0961 e. The zero-order valence-corrected chi connectivity index (χ0v) is 11.8. The fourth-order valence-corrected chi connectivity index (χ4v) is 1.78. The molecule has 0 unspecified atom stereocenters. The molecule has 0 bridgehead atoms. The van der Waals surface area contributed by atoms with Crippen LogP contribution in [0.1, 0.15) is 38.8 Å². The molecule has 1 aromatic rings. The minimum atomic E-state index is 1.07. The van der Waals surface area contributed by atoms with Crippen molar-refractivity contribution in [2.24, 2.45) is 0 Å². The second kappa shape index (κ2) is 6.80. The first kappa shape index (κ1) is 14.2. The van der Waals surface area contributed by atoms with E-state index in [2.05, 4.69) is 69.0 Å². The van der Waals surface area contributed by atoms with Crippen LogP contribution in [0.15, 0.2) is 60.7 Å². The van der Waals surface area contributed by atoms with E-state index in [0.717, 1.165) is 5.57 Å². The molecule has 0 atom stereocenters. The maximum absolute atomic E-state index is 3.95. The van der Waals surface area contributed by atoms with Crippen LogP contribution < -0.4 is 0 Å². The zero-order chi connectivity index (χ0) is 13.5. The smallest absolute Gasteiger partial charge is 0.0178 e. The van der Waals surface area contributed by atoms with Gasteiger partial charge in [0.1, 0.15) is 0 Å². The molecule has 0 aliphatic heterocycles. The minimum absolute atomic E-state index is 1.07. The third kappa shape index (κ3) is 3.89. The highest BCUT2D eigenvalue weighted by Gasteiger charge is 2.01. The topological polar surface area (TPSA) is 0 Å². The van der Waals surface area contributed by atoms with Crippen molar-refractivity contribution in [3.63, 3.8) is 0 Å². The van der Waals surface area contributed by atoms with Crippen LogP contribution >= 0.6 is 0 Å². The Labute approximate surface area is 111 Å². The van der Waals surface area contributed by atoms with Crippen LogP contribution in [-0.2, 0) is 0 Å². The first-order valence-corrected chi connectivity index (χ1v) is 6.32. The summed E-state index contributed by atoms with van der Waals surface area (Å²) in [6, 6.07) is 8.62. The van der Waals surface area contributed by atoms with E-state index in [1.807, 2.05) is 13.8 Å². The lowest BCUT2D eigenvalue weighted by Gasteiger charge is -2.07. The first-order valence-electron chi connectivity index (χ1n) is 6.32. The summed E-state index contributed by atoms with van der Waals surface area (Å²) in [5, 5.41) is 0. The normalized spacial score (nSPS) is 13.1. The molecule has 0 aliphatic carbocycles. The summed E-state index contributed by atoms with van der Waals surface area (Å²) < 4.78 is 0. The van der Waals surface area contributed by atoms with Crippen LogP contribution in [0.3, 0.4) is 0 Å². The number of hydrogen-bond donors (Lipinski definition) is 0. The number of rotatable bonds is 4. The van der Waals surface area contributed by atoms with Crippen LogP contribution in [0.4, 0.5) is 0 Å². The SMILES string of the molecule is C=C(C)/C=C(\C=CC)c1cccc(/C(C)=C\C)c1. The Kier molecular flexibility index (Phi) is 5.38. The fraction of sp³-hybridized carbons (Fsp3) is 0.222.